The standard InChI is InChI=1S/C36H34N6O4S/c1-3-22-11-13-26(14-12-22)46-29-8-4-7-27(21(29)2)42-28-15-16-38-34-30(28)31(40-36(42)45)32(47-34)33(43)39-25-6-5-17-41(20-25)35(44)24(19-37)18-23-9-10-23/h4,7-8,11-16,18,23,25H,3,5-6,9-10,17,20H2,1-2H3,(H,39,43)(H,40,45)/b24-18+/t25-/m1/s1. The van der Waals surface area contributed by atoms with Crippen molar-refractivity contribution in [2.24, 2.45) is 5.92 Å². The Bertz CT molecular complexity index is 1970. The number of aryl methyl sites for hydroxylation is 1. The Labute approximate surface area is 276 Å². The average molecular weight is 647 g/mol. The highest BCUT2D eigenvalue weighted by molar-refractivity contribution is 7.21. The number of nitrogens with one attached hydrogen (secondary N) is 2. The number of urea groups is 1. The number of hydrogen-bond donors (Lipinski definition) is 2. The third-order valence-electron chi connectivity index (χ3n) is 8.93. The second-order valence-corrected chi connectivity index (χ2v) is 13.2. The number of nitrogens with zero attached hydrogens (tertiary/aromatic N) is 4. The Balaban J connectivity index is 1.14. The lowest BCUT2D eigenvalue weighted by Gasteiger charge is -2.33. The first-order valence-electron chi connectivity index (χ1n) is 16.0. The molecule has 47 heavy (non-hydrogen) atoms. The molecule has 0 spiro atoms. The molecule has 238 valence electrons. The predicted octanol–water partition coefficient (Wildman–Crippen LogP) is 7.22. The first-order chi connectivity index (χ1) is 22.8. The van der Waals surface area contributed by atoms with Gasteiger partial charge in [0.15, 0.2) is 0 Å². The summed E-state index contributed by atoms with van der Waals surface area (Å²) in [6, 6.07) is 16.7. The zero-order valence-corrected chi connectivity index (χ0v) is 27.0. The zero-order valence-electron chi connectivity index (χ0n) is 26.2. The molecule has 2 N–H and O–H groups in total. The molecule has 0 radical (unpaired) electrons. The van der Waals surface area contributed by atoms with Gasteiger partial charge in [0.2, 0.25) is 0 Å². The van der Waals surface area contributed by atoms with Crippen LogP contribution in [-0.2, 0) is 11.2 Å². The summed E-state index contributed by atoms with van der Waals surface area (Å²) in [5.74, 6) is 1.03. The van der Waals surface area contributed by atoms with Crippen molar-refractivity contribution in [2.75, 3.05) is 23.3 Å². The maximum Gasteiger partial charge on any atom is 0.331 e. The number of piperidine rings is 1. The number of hydrogen-bond acceptors (Lipinski definition) is 7. The van der Waals surface area contributed by atoms with E-state index < -0.39 is 6.03 Å². The molecule has 2 aromatic heterocycles. The smallest absolute Gasteiger partial charge is 0.331 e. The second kappa shape index (κ2) is 12.5. The van der Waals surface area contributed by atoms with Crippen molar-refractivity contribution in [2.45, 2.75) is 52.0 Å². The molecule has 1 aliphatic carbocycles. The fraction of sp³-hybridized carbons (Fsp3) is 0.306. The number of likely N-dealkylation sites (tertiary alicyclic amines) is 1. The molecule has 2 aromatic carbocycles. The van der Waals surface area contributed by atoms with Crippen LogP contribution in [0.5, 0.6) is 11.5 Å². The van der Waals surface area contributed by atoms with Gasteiger partial charge in [-0.15, -0.1) is 11.3 Å². The number of thiophene rings is 1. The summed E-state index contributed by atoms with van der Waals surface area (Å²) in [5, 5.41) is 16.3. The van der Waals surface area contributed by atoms with Crippen molar-refractivity contribution >= 4 is 56.5 Å². The fourth-order valence-corrected chi connectivity index (χ4v) is 7.24. The molecule has 1 atom stereocenters. The number of nitriles is 1. The number of carbonyl (C=O) groups is 3. The lowest BCUT2D eigenvalue weighted by atomic mass is 10.0. The number of rotatable bonds is 8. The minimum atomic E-state index is -0.397. The van der Waals surface area contributed by atoms with Gasteiger partial charge in [-0.25, -0.2) is 9.78 Å². The molecule has 7 rings (SSSR count). The number of amides is 4. The van der Waals surface area contributed by atoms with Gasteiger partial charge in [0.25, 0.3) is 11.8 Å². The molecule has 0 bridgehead atoms. The van der Waals surface area contributed by atoms with Crippen LogP contribution in [0.4, 0.5) is 21.9 Å². The van der Waals surface area contributed by atoms with E-state index in [4.69, 9.17) is 4.74 Å². The van der Waals surface area contributed by atoms with Gasteiger partial charge >= 0.3 is 6.03 Å². The first kappa shape index (κ1) is 30.4. The van der Waals surface area contributed by atoms with E-state index in [-0.39, 0.29) is 23.4 Å². The molecule has 1 saturated carbocycles. The quantitative estimate of drug-likeness (QED) is 0.154. The van der Waals surface area contributed by atoms with Crippen LogP contribution in [0, 0.1) is 24.2 Å². The maximum absolute atomic E-state index is 13.8. The summed E-state index contributed by atoms with van der Waals surface area (Å²) in [5.41, 5.74) is 3.88. The normalized spacial score (nSPS) is 17.7. The Kier molecular flexibility index (Phi) is 8.12. The van der Waals surface area contributed by atoms with Crippen molar-refractivity contribution in [1.82, 2.24) is 15.2 Å². The third-order valence-corrected chi connectivity index (χ3v) is 10.0. The molecule has 0 unspecified atom stereocenters. The molecule has 2 fully saturated rings. The molecule has 4 aromatic rings. The summed E-state index contributed by atoms with van der Waals surface area (Å²) >= 11 is 1.22. The topological polar surface area (TPSA) is 128 Å². The van der Waals surface area contributed by atoms with Crippen LogP contribution >= 0.6 is 11.3 Å². The number of allylic oxidation sites excluding steroid dienone is 1. The molecule has 11 heteroatoms. The number of aromatic nitrogens is 1. The highest BCUT2D eigenvalue weighted by Crippen LogP contribution is 2.47. The van der Waals surface area contributed by atoms with Crippen LogP contribution in [0.2, 0.25) is 0 Å². The lowest BCUT2D eigenvalue weighted by molar-refractivity contribution is -0.128. The molecule has 4 heterocycles. The summed E-state index contributed by atoms with van der Waals surface area (Å²) in [7, 11) is 0. The average Bonchev–Trinajstić information content (AvgIpc) is 3.84. The number of carbonyl (C=O) groups excluding carboxylic acids is 3. The van der Waals surface area contributed by atoms with Crippen LogP contribution in [0.3, 0.4) is 0 Å². The predicted molar refractivity (Wildman–Crippen MR) is 181 cm³/mol. The van der Waals surface area contributed by atoms with Crippen molar-refractivity contribution in [3.05, 3.63) is 82.4 Å². The SMILES string of the molecule is CCc1ccc(Oc2cccc(N3C(=O)Nc4c(C(=O)N[C@@H]5CCCN(C(=O)/C(C#N)=C/C6CC6)C5)sc5nccc3c45)c2C)cc1. The first-order valence-corrected chi connectivity index (χ1v) is 16.8. The summed E-state index contributed by atoms with van der Waals surface area (Å²) in [6.45, 7) is 4.88. The maximum atomic E-state index is 13.8. The van der Waals surface area contributed by atoms with E-state index in [1.165, 1.54) is 16.9 Å². The minimum absolute atomic E-state index is 0.178. The fourth-order valence-electron chi connectivity index (χ4n) is 6.22. The molecule has 1 saturated heterocycles. The summed E-state index contributed by atoms with van der Waals surface area (Å²) < 4.78 is 6.22. The Morgan fingerprint density at radius 1 is 1.15 bits per heavy atom. The van der Waals surface area contributed by atoms with E-state index in [1.807, 2.05) is 49.4 Å². The molecule has 3 aliphatic rings. The van der Waals surface area contributed by atoms with Crippen molar-refractivity contribution in [3.63, 3.8) is 0 Å². The van der Waals surface area contributed by atoms with Gasteiger partial charge in [-0.2, -0.15) is 5.26 Å². The molecular formula is C36H34N6O4S. The second-order valence-electron chi connectivity index (χ2n) is 12.2. The van der Waals surface area contributed by atoms with Gasteiger partial charge in [-0.05, 0) is 80.8 Å². The molecular weight excluding hydrogens is 613 g/mol. The number of ether oxygens (including phenoxy) is 1. The van der Waals surface area contributed by atoms with E-state index in [2.05, 4.69) is 28.6 Å². The van der Waals surface area contributed by atoms with Gasteiger partial charge in [-0.3, -0.25) is 14.5 Å². The minimum Gasteiger partial charge on any atom is -0.457 e. The van der Waals surface area contributed by atoms with Crippen molar-refractivity contribution in [3.8, 4) is 17.6 Å². The van der Waals surface area contributed by atoms with Crippen LogP contribution < -0.4 is 20.3 Å². The number of benzene rings is 2. The van der Waals surface area contributed by atoms with Crippen LogP contribution in [0.1, 0.15) is 53.4 Å². The highest BCUT2D eigenvalue weighted by Gasteiger charge is 2.35. The molecule has 2 aliphatic heterocycles. The van der Waals surface area contributed by atoms with E-state index in [9.17, 15) is 19.6 Å². The Hall–Kier alpha value is -5.21. The third kappa shape index (κ3) is 5.92. The zero-order chi connectivity index (χ0) is 32.7. The van der Waals surface area contributed by atoms with Crippen LogP contribution in [0.15, 0.2) is 66.4 Å². The Morgan fingerprint density at radius 2 is 1.96 bits per heavy atom. The number of pyridine rings is 1. The molecule has 10 nitrogen and oxygen atoms in total. The Morgan fingerprint density at radius 3 is 2.70 bits per heavy atom. The van der Waals surface area contributed by atoms with Gasteiger partial charge < -0.3 is 20.3 Å². The van der Waals surface area contributed by atoms with Crippen LogP contribution in [0.25, 0.3) is 10.2 Å². The summed E-state index contributed by atoms with van der Waals surface area (Å²) in [4.78, 5) is 49.3. The number of anilines is 3. The largest absolute Gasteiger partial charge is 0.457 e. The van der Waals surface area contributed by atoms with Gasteiger partial charge in [0.05, 0.1) is 22.4 Å². The van der Waals surface area contributed by atoms with E-state index >= 15 is 0 Å². The highest BCUT2D eigenvalue weighted by atomic mass is 32.1. The van der Waals surface area contributed by atoms with Gasteiger partial charge in [0.1, 0.15) is 32.8 Å². The van der Waals surface area contributed by atoms with Crippen molar-refractivity contribution in [1.29, 1.82) is 5.26 Å². The van der Waals surface area contributed by atoms with E-state index in [0.717, 1.165) is 24.8 Å². The van der Waals surface area contributed by atoms with Crippen LogP contribution in [-0.4, -0.2) is 46.9 Å². The lowest BCUT2D eigenvalue weighted by Crippen LogP contribution is -2.50. The van der Waals surface area contributed by atoms with Gasteiger partial charge in [-0.1, -0.05) is 31.2 Å². The monoisotopic (exact) mass is 646 g/mol. The molecule has 4 amide bonds. The van der Waals surface area contributed by atoms with E-state index in [0.29, 0.717) is 75.5 Å². The van der Waals surface area contributed by atoms with Gasteiger partial charge in [0, 0.05) is 30.9 Å². The van der Waals surface area contributed by atoms with E-state index in [1.54, 1.807) is 28.1 Å². The van der Waals surface area contributed by atoms with Crippen molar-refractivity contribution < 1.29 is 19.1 Å². The summed E-state index contributed by atoms with van der Waals surface area (Å²) in [6.07, 6.45) is 7.79.